The summed E-state index contributed by atoms with van der Waals surface area (Å²) in [7, 11) is 0. The van der Waals surface area contributed by atoms with Crippen LogP contribution in [0.15, 0.2) is 35.7 Å². The Balaban J connectivity index is 2.00. The van der Waals surface area contributed by atoms with E-state index in [0.717, 1.165) is 11.1 Å². The molecule has 0 spiro atoms. The Morgan fingerprint density at radius 3 is 2.39 bits per heavy atom. The molecule has 0 aliphatic rings. The number of thiophene rings is 1. The lowest BCUT2D eigenvalue weighted by Crippen LogP contribution is -2.47. The number of carbonyl (C=O) groups excluding carboxylic acids is 3. The van der Waals surface area contributed by atoms with Crippen LogP contribution in [0.3, 0.4) is 0 Å². The van der Waals surface area contributed by atoms with Crippen LogP contribution in [0.1, 0.15) is 41.6 Å². The third-order valence-electron chi connectivity index (χ3n) is 4.27. The SMILES string of the molecule is Cc1ccc(C)c(NC(=O)[C@@H](C)OC(=O)[C@H](NC(=O)c2cccs2)C(C)C)c1. The van der Waals surface area contributed by atoms with Gasteiger partial charge >= 0.3 is 5.97 Å². The summed E-state index contributed by atoms with van der Waals surface area (Å²) in [6.45, 7) is 8.95. The fourth-order valence-corrected chi connectivity index (χ4v) is 3.15. The zero-order chi connectivity index (χ0) is 20.8. The lowest BCUT2D eigenvalue weighted by Gasteiger charge is -2.23. The molecule has 2 rings (SSSR count). The number of carbonyl (C=O) groups is 3. The Morgan fingerprint density at radius 2 is 1.79 bits per heavy atom. The van der Waals surface area contributed by atoms with Crippen molar-refractivity contribution in [2.45, 2.75) is 46.8 Å². The maximum atomic E-state index is 12.6. The minimum Gasteiger partial charge on any atom is -0.451 e. The number of rotatable bonds is 7. The van der Waals surface area contributed by atoms with Crippen LogP contribution in [0.25, 0.3) is 0 Å². The highest BCUT2D eigenvalue weighted by Crippen LogP contribution is 2.17. The van der Waals surface area contributed by atoms with Gasteiger partial charge in [0, 0.05) is 5.69 Å². The summed E-state index contributed by atoms with van der Waals surface area (Å²) >= 11 is 1.29. The van der Waals surface area contributed by atoms with Crippen molar-refractivity contribution >= 4 is 34.8 Å². The molecule has 2 aromatic rings. The number of hydrogen-bond acceptors (Lipinski definition) is 5. The Hall–Kier alpha value is -2.67. The van der Waals surface area contributed by atoms with E-state index in [4.69, 9.17) is 4.74 Å². The van der Waals surface area contributed by atoms with Gasteiger partial charge in [0.15, 0.2) is 6.10 Å². The van der Waals surface area contributed by atoms with Gasteiger partial charge in [0.1, 0.15) is 6.04 Å². The topological polar surface area (TPSA) is 84.5 Å². The van der Waals surface area contributed by atoms with E-state index in [1.165, 1.54) is 18.3 Å². The molecule has 28 heavy (non-hydrogen) atoms. The molecule has 1 aromatic carbocycles. The molecule has 0 fully saturated rings. The standard InChI is InChI=1S/C21H26N2O4S/c1-12(2)18(23-20(25)17-7-6-10-28-17)21(26)27-15(5)19(24)22-16-11-13(3)8-9-14(16)4/h6-12,15,18H,1-5H3,(H,22,24)(H,23,25)/t15-,18-/m1/s1. The lowest BCUT2D eigenvalue weighted by molar-refractivity contribution is -0.156. The molecule has 0 radical (unpaired) electrons. The van der Waals surface area contributed by atoms with Gasteiger partial charge in [-0.15, -0.1) is 11.3 Å². The molecule has 1 heterocycles. The molecule has 0 saturated heterocycles. The van der Waals surface area contributed by atoms with Crippen LogP contribution >= 0.6 is 11.3 Å². The van der Waals surface area contributed by atoms with Gasteiger partial charge < -0.3 is 15.4 Å². The highest BCUT2D eigenvalue weighted by atomic mass is 32.1. The van der Waals surface area contributed by atoms with E-state index in [1.54, 1.807) is 17.5 Å². The third kappa shape index (κ3) is 5.66. The molecule has 0 unspecified atom stereocenters. The zero-order valence-corrected chi connectivity index (χ0v) is 17.6. The van der Waals surface area contributed by atoms with Crippen LogP contribution in [0.4, 0.5) is 5.69 Å². The van der Waals surface area contributed by atoms with Crippen molar-refractivity contribution in [1.82, 2.24) is 5.32 Å². The van der Waals surface area contributed by atoms with Gasteiger partial charge in [-0.3, -0.25) is 9.59 Å². The van der Waals surface area contributed by atoms with Gasteiger partial charge in [0.2, 0.25) is 0 Å². The molecule has 7 heteroatoms. The second-order valence-electron chi connectivity index (χ2n) is 7.06. The number of ether oxygens (including phenoxy) is 1. The maximum Gasteiger partial charge on any atom is 0.329 e. The number of hydrogen-bond donors (Lipinski definition) is 2. The summed E-state index contributed by atoms with van der Waals surface area (Å²) in [5, 5.41) is 7.27. The van der Waals surface area contributed by atoms with E-state index in [1.807, 2.05) is 45.9 Å². The highest BCUT2D eigenvalue weighted by Gasteiger charge is 2.29. The van der Waals surface area contributed by atoms with Crippen LogP contribution in [-0.4, -0.2) is 29.9 Å². The smallest absolute Gasteiger partial charge is 0.329 e. The predicted octanol–water partition coefficient (Wildman–Crippen LogP) is 3.69. The number of benzene rings is 1. The highest BCUT2D eigenvalue weighted by molar-refractivity contribution is 7.12. The summed E-state index contributed by atoms with van der Waals surface area (Å²) in [6, 6.07) is 8.34. The summed E-state index contributed by atoms with van der Waals surface area (Å²) in [4.78, 5) is 37.8. The number of nitrogens with one attached hydrogen (secondary N) is 2. The van der Waals surface area contributed by atoms with Gasteiger partial charge in [-0.2, -0.15) is 0 Å². The quantitative estimate of drug-likeness (QED) is 0.692. The van der Waals surface area contributed by atoms with E-state index in [0.29, 0.717) is 10.6 Å². The largest absolute Gasteiger partial charge is 0.451 e. The average Bonchev–Trinajstić information content (AvgIpc) is 3.16. The van der Waals surface area contributed by atoms with Crippen molar-refractivity contribution in [2.24, 2.45) is 5.92 Å². The molecule has 0 aliphatic heterocycles. The minimum absolute atomic E-state index is 0.189. The molecular formula is C21H26N2O4S. The monoisotopic (exact) mass is 402 g/mol. The van der Waals surface area contributed by atoms with Crippen molar-refractivity contribution in [3.63, 3.8) is 0 Å². The number of anilines is 1. The summed E-state index contributed by atoms with van der Waals surface area (Å²) in [5.41, 5.74) is 2.61. The Morgan fingerprint density at radius 1 is 1.07 bits per heavy atom. The summed E-state index contributed by atoms with van der Waals surface area (Å²) in [5.74, 6) is -1.58. The predicted molar refractivity (Wildman–Crippen MR) is 111 cm³/mol. The molecule has 150 valence electrons. The van der Waals surface area contributed by atoms with E-state index in [-0.39, 0.29) is 11.8 Å². The van der Waals surface area contributed by atoms with Crippen LogP contribution in [0.2, 0.25) is 0 Å². The van der Waals surface area contributed by atoms with E-state index < -0.39 is 24.0 Å². The number of aryl methyl sites for hydroxylation is 2. The van der Waals surface area contributed by atoms with Gasteiger partial charge in [0.25, 0.3) is 11.8 Å². The first-order valence-electron chi connectivity index (χ1n) is 9.12. The van der Waals surface area contributed by atoms with E-state index >= 15 is 0 Å². The molecular weight excluding hydrogens is 376 g/mol. The lowest BCUT2D eigenvalue weighted by atomic mass is 10.0. The second kappa shape index (κ2) is 9.50. The van der Waals surface area contributed by atoms with Crippen molar-refractivity contribution in [1.29, 1.82) is 0 Å². The molecule has 1 aromatic heterocycles. The van der Waals surface area contributed by atoms with Gasteiger partial charge in [-0.1, -0.05) is 32.0 Å². The fraction of sp³-hybridized carbons (Fsp3) is 0.381. The van der Waals surface area contributed by atoms with Crippen LogP contribution in [-0.2, 0) is 14.3 Å². The minimum atomic E-state index is -0.993. The maximum absolute atomic E-state index is 12.6. The first-order chi connectivity index (χ1) is 13.2. The number of esters is 1. The van der Waals surface area contributed by atoms with E-state index in [9.17, 15) is 14.4 Å². The molecule has 2 amide bonds. The fourth-order valence-electron chi connectivity index (χ4n) is 2.52. The van der Waals surface area contributed by atoms with Crippen molar-refractivity contribution in [3.8, 4) is 0 Å². The van der Waals surface area contributed by atoms with Gasteiger partial charge in [0.05, 0.1) is 4.88 Å². The average molecular weight is 403 g/mol. The third-order valence-corrected chi connectivity index (χ3v) is 5.13. The molecule has 2 N–H and O–H groups in total. The molecule has 0 saturated carbocycles. The molecule has 0 aliphatic carbocycles. The van der Waals surface area contributed by atoms with Crippen LogP contribution in [0, 0.1) is 19.8 Å². The molecule has 6 nitrogen and oxygen atoms in total. The normalized spacial score (nSPS) is 12.9. The van der Waals surface area contributed by atoms with Crippen molar-refractivity contribution in [3.05, 3.63) is 51.7 Å². The Bertz CT molecular complexity index is 846. The van der Waals surface area contributed by atoms with Crippen molar-refractivity contribution in [2.75, 3.05) is 5.32 Å². The van der Waals surface area contributed by atoms with Gasteiger partial charge in [-0.05, 0) is 55.3 Å². The second-order valence-corrected chi connectivity index (χ2v) is 8.01. The van der Waals surface area contributed by atoms with Gasteiger partial charge in [-0.25, -0.2) is 4.79 Å². The first kappa shape index (κ1) is 21.6. The Kier molecular flexibility index (Phi) is 7.34. The Labute approximate surface area is 169 Å². The molecule has 0 bridgehead atoms. The summed E-state index contributed by atoms with van der Waals surface area (Å²) in [6.07, 6.45) is -0.993. The molecule has 2 atom stereocenters. The van der Waals surface area contributed by atoms with E-state index in [2.05, 4.69) is 10.6 Å². The summed E-state index contributed by atoms with van der Waals surface area (Å²) < 4.78 is 5.33. The van der Waals surface area contributed by atoms with Crippen LogP contribution in [0.5, 0.6) is 0 Å². The van der Waals surface area contributed by atoms with Crippen molar-refractivity contribution < 1.29 is 19.1 Å². The first-order valence-corrected chi connectivity index (χ1v) is 10.00. The van der Waals surface area contributed by atoms with Crippen LogP contribution < -0.4 is 10.6 Å². The zero-order valence-electron chi connectivity index (χ0n) is 16.7. The number of amides is 2.